The van der Waals surface area contributed by atoms with Crippen LogP contribution in [0.1, 0.15) is 63.4 Å². The molecule has 1 aromatic carbocycles. The lowest BCUT2D eigenvalue weighted by Gasteiger charge is -2.27. The number of carbonyl (C=O) groups is 1. The second kappa shape index (κ2) is 8.04. The molecule has 2 atom stereocenters. The number of benzene rings is 1. The number of allylic oxidation sites excluding steroid dienone is 2. The molecule has 0 bridgehead atoms. The first-order valence-corrected chi connectivity index (χ1v) is 8.07. The van der Waals surface area contributed by atoms with E-state index in [1.807, 2.05) is 18.2 Å². The van der Waals surface area contributed by atoms with Gasteiger partial charge in [-0.15, -0.1) is 0 Å². The van der Waals surface area contributed by atoms with Crippen LogP contribution in [-0.4, -0.2) is 5.78 Å². The first kappa shape index (κ1) is 15.0. The Hall–Kier alpha value is -1.37. The number of hydrogen-bond acceptors (Lipinski definition) is 1. The molecule has 0 aromatic heterocycles. The van der Waals surface area contributed by atoms with Crippen LogP contribution in [0, 0.1) is 5.92 Å². The van der Waals surface area contributed by atoms with Gasteiger partial charge in [-0.05, 0) is 17.9 Å². The number of rotatable bonds is 7. The van der Waals surface area contributed by atoms with Crippen molar-refractivity contribution >= 4 is 5.78 Å². The van der Waals surface area contributed by atoms with Crippen LogP contribution in [0.4, 0.5) is 0 Å². The Kier molecular flexibility index (Phi) is 6.04. The zero-order valence-electron chi connectivity index (χ0n) is 12.6. The topological polar surface area (TPSA) is 17.1 Å². The maximum absolute atomic E-state index is 12.3. The Morgan fingerprint density at radius 1 is 1.05 bits per heavy atom. The molecule has 0 heterocycles. The maximum atomic E-state index is 12.3. The summed E-state index contributed by atoms with van der Waals surface area (Å²) in [6, 6.07) is 10.3. The number of unbranched alkanes of at least 4 members (excludes halogenated alkanes) is 4. The molecule has 20 heavy (non-hydrogen) atoms. The SMILES string of the molecule is CCCCCCC[C@@H]1C=CCC(=O)C1c1ccccc1. The van der Waals surface area contributed by atoms with E-state index in [1.54, 1.807) is 0 Å². The maximum Gasteiger partial charge on any atom is 0.144 e. The highest BCUT2D eigenvalue weighted by Gasteiger charge is 2.29. The molecule has 1 unspecified atom stereocenters. The van der Waals surface area contributed by atoms with E-state index in [0.29, 0.717) is 18.1 Å². The van der Waals surface area contributed by atoms with E-state index in [1.165, 1.54) is 37.7 Å². The predicted molar refractivity (Wildman–Crippen MR) is 84.8 cm³/mol. The highest BCUT2D eigenvalue weighted by molar-refractivity contribution is 5.88. The number of hydrogen-bond donors (Lipinski definition) is 0. The summed E-state index contributed by atoms with van der Waals surface area (Å²) in [7, 11) is 0. The second-order valence-corrected chi connectivity index (χ2v) is 5.85. The fourth-order valence-corrected chi connectivity index (χ4v) is 3.18. The Labute approximate surface area is 123 Å². The number of ketones is 1. The summed E-state index contributed by atoms with van der Waals surface area (Å²) in [6.45, 7) is 2.24. The van der Waals surface area contributed by atoms with E-state index in [4.69, 9.17) is 0 Å². The summed E-state index contributed by atoms with van der Waals surface area (Å²) in [5.41, 5.74) is 1.19. The minimum atomic E-state index is 0.0902. The molecular weight excluding hydrogens is 244 g/mol. The molecule has 108 valence electrons. The molecule has 2 rings (SSSR count). The number of Topliss-reactive ketones (excluding diaryl/α,β-unsaturated/α-hetero) is 1. The lowest BCUT2D eigenvalue weighted by Crippen LogP contribution is -2.23. The normalized spacial score (nSPS) is 22.1. The molecule has 1 aliphatic rings. The molecule has 1 aliphatic carbocycles. The van der Waals surface area contributed by atoms with E-state index in [2.05, 4.69) is 31.2 Å². The van der Waals surface area contributed by atoms with Gasteiger partial charge in [0.1, 0.15) is 5.78 Å². The molecule has 1 nitrogen and oxygen atoms in total. The van der Waals surface area contributed by atoms with Gasteiger partial charge in [-0.1, -0.05) is 81.5 Å². The lowest BCUT2D eigenvalue weighted by molar-refractivity contribution is -0.121. The fourth-order valence-electron chi connectivity index (χ4n) is 3.18. The van der Waals surface area contributed by atoms with Crippen molar-refractivity contribution in [1.82, 2.24) is 0 Å². The van der Waals surface area contributed by atoms with Gasteiger partial charge in [-0.2, -0.15) is 0 Å². The Morgan fingerprint density at radius 3 is 2.55 bits per heavy atom. The third-order valence-corrected chi connectivity index (χ3v) is 4.28. The van der Waals surface area contributed by atoms with Crippen molar-refractivity contribution in [1.29, 1.82) is 0 Å². The first-order chi connectivity index (χ1) is 9.83. The highest BCUT2D eigenvalue weighted by atomic mass is 16.1. The minimum absolute atomic E-state index is 0.0902. The van der Waals surface area contributed by atoms with Crippen LogP contribution in [0.2, 0.25) is 0 Å². The van der Waals surface area contributed by atoms with Gasteiger partial charge in [0.2, 0.25) is 0 Å². The van der Waals surface area contributed by atoms with Gasteiger partial charge in [-0.25, -0.2) is 0 Å². The van der Waals surface area contributed by atoms with E-state index in [-0.39, 0.29) is 5.92 Å². The molecule has 0 amide bonds. The van der Waals surface area contributed by atoms with Crippen LogP contribution in [0.5, 0.6) is 0 Å². The molecule has 0 radical (unpaired) electrons. The van der Waals surface area contributed by atoms with Crippen molar-refractivity contribution in [2.24, 2.45) is 5.92 Å². The summed E-state index contributed by atoms with van der Waals surface area (Å²) in [5, 5.41) is 0. The molecule has 0 saturated carbocycles. The van der Waals surface area contributed by atoms with Crippen molar-refractivity contribution < 1.29 is 4.79 Å². The summed E-state index contributed by atoms with van der Waals surface area (Å²) < 4.78 is 0. The van der Waals surface area contributed by atoms with E-state index in [0.717, 1.165) is 6.42 Å². The summed E-state index contributed by atoms with van der Waals surface area (Å²) >= 11 is 0. The molecule has 0 fully saturated rings. The molecule has 0 aliphatic heterocycles. The van der Waals surface area contributed by atoms with Crippen LogP contribution in [0.3, 0.4) is 0 Å². The Morgan fingerprint density at radius 2 is 1.80 bits per heavy atom. The van der Waals surface area contributed by atoms with Gasteiger partial charge in [0.05, 0.1) is 0 Å². The average Bonchev–Trinajstić information content (AvgIpc) is 2.48. The van der Waals surface area contributed by atoms with Gasteiger partial charge in [-0.3, -0.25) is 4.79 Å². The second-order valence-electron chi connectivity index (χ2n) is 5.85. The Bertz CT molecular complexity index is 432. The summed E-state index contributed by atoms with van der Waals surface area (Å²) in [5.74, 6) is 0.880. The number of carbonyl (C=O) groups excluding carboxylic acids is 1. The molecule has 0 N–H and O–H groups in total. The summed E-state index contributed by atoms with van der Waals surface area (Å²) in [6.07, 6.45) is 12.6. The molecular formula is C19H26O. The smallest absolute Gasteiger partial charge is 0.144 e. The molecule has 1 aromatic rings. The van der Waals surface area contributed by atoms with Crippen LogP contribution in [0.15, 0.2) is 42.5 Å². The molecule has 0 spiro atoms. The molecule has 0 saturated heterocycles. The van der Waals surface area contributed by atoms with E-state index in [9.17, 15) is 4.79 Å². The third-order valence-electron chi connectivity index (χ3n) is 4.28. The monoisotopic (exact) mass is 270 g/mol. The quantitative estimate of drug-likeness (QED) is 0.487. The van der Waals surface area contributed by atoms with Crippen LogP contribution in [-0.2, 0) is 4.79 Å². The zero-order chi connectivity index (χ0) is 14.2. The van der Waals surface area contributed by atoms with Crippen molar-refractivity contribution in [3.63, 3.8) is 0 Å². The van der Waals surface area contributed by atoms with Gasteiger partial charge >= 0.3 is 0 Å². The highest BCUT2D eigenvalue weighted by Crippen LogP contribution is 2.34. The van der Waals surface area contributed by atoms with Crippen LogP contribution in [0.25, 0.3) is 0 Å². The van der Waals surface area contributed by atoms with Crippen molar-refractivity contribution in [3.05, 3.63) is 48.0 Å². The fraction of sp³-hybridized carbons (Fsp3) is 0.526. The van der Waals surface area contributed by atoms with Gasteiger partial charge in [0.15, 0.2) is 0 Å². The predicted octanol–water partition coefficient (Wildman–Crippen LogP) is 5.28. The largest absolute Gasteiger partial charge is 0.299 e. The lowest BCUT2D eigenvalue weighted by atomic mass is 9.76. The Balaban J connectivity index is 1.96. The third kappa shape index (κ3) is 4.06. The average molecular weight is 270 g/mol. The van der Waals surface area contributed by atoms with Gasteiger partial charge in [0, 0.05) is 12.3 Å². The standard InChI is InChI=1S/C19H26O/c1-2-3-4-5-7-11-17-14-10-15-18(20)19(17)16-12-8-6-9-13-16/h6,8-10,12-14,17,19H,2-5,7,11,15H2,1H3/t17-,19?/m1/s1. The minimum Gasteiger partial charge on any atom is -0.299 e. The van der Waals surface area contributed by atoms with E-state index < -0.39 is 0 Å². The van der Waals surface area contributed by atoms with Crippen molar-refractivity contribution in [3.8, 4) is 0 Å². The first-order valence-electron chi connectivity index (χ1n) is 8.07. The van der Waals surface area contributed by atoms with E-state index >= 15 is 0 Å². The van der Waals surface area contributed by atoms with Gasteiger partial charge < -0.3 is 0 Å². The van der Waals surface area contributed by atoms with Gasteiger partial charge in [0.25, 0.3) is 0 Å². The van der Waals surface area contributed by atoms with Crippen LogP contribution >= 0.6 is 0 Å². The molecule has 1 heteroatoms. The van der Waals surface area contributed by atoms with Crippen molar-refractivity contribution in [2.75, 3.05) is 0 Å². The summed E-state index contributed by atoms with van der Waals surface area (Å²) in [4.78, 5) is 12.3. The van der Waals surface area contributed by atoms with Crippen LogP contribution < -0.4 is 0 Å². The van der Waals surface area contributed by atoms with Crippen molar-refractivity contribution in [2.45, 2.75) is 57.8 Å². The zero-order valence-corrected chi connectivity index (χ0v) is 12.6.